The second-order valence-corrected chi connectivity index (χ2v) is 9.56. The molecular formula is C21H28N2O3S. The molecule has 2 atom stereocenters. The fourth-order valence-electron chi connectivity index (χ4n) is 4.94. The van der Waals surface area contributed by atoms with Crippen molar-refractivity contribution in [1.82, 2.24) is 9.80 Å². The second-order valence-electron chi connectivity index (χ2n) is 8.78. The van der Waals surface area contributed by atoms with Gasteiger partial charge in [-0.05, 0) is 72.8 Å². The summed E-state index contributed by atoms with van der Waals surface area (Å²) in [4.78, 5) is 29.7. The average molecular weight is 389 g/mol. The molecule has 2 saturated heterocycles. The van der Waals surface area contributed by atoms with Crippen LogP contribution in [0.25, 0.3) is 0 Å². The van der Waals surface area contributed by atoms with Gasteiger partial charge in [-0.3, -0.25) is 9.59 Å². The van der Waals surface area contributed by atoms with E-state index in [1.165, 1.54) is 5.56 Å². The number of hydrogen-bond acceptors (Lipinski definition) is 4. The first-order valence-electron chi connectivity index (χ1n) is 10.4. The first-order valence-corrected chi connectivity index (χ1v) is 11.3. The topological polar surface area (TPSA) is 49.9 Å². The van der Waals surface area contributed by atoms with Gasteiger partial charge in [0.05, 0.1) is 0 Å². The molecule has 2 aliphatic heterocycles. The predicted octanol–water partition coefficient (Wildman–Crippen LogP) is 3.05. The van der Waals surface area contributed by atoms with Crippen molar-refractivity contribution >= 4 is 23.2 Å². The van der Waals surface area contributed by atoms with Crippen LogP contribution in [0.1, 0.15) is 50.5 Å². The number of nitrogens with zero attached hydrogens (tertiary/aromatic N) is 2. The Morgan fingerprint density at radius 2 is 2.07 bits per heavy atom. The van der Waals surface area contributed by atoms with E-state index in [9.17, 15) is 9.59 Å². The SMILES string of the molecule is O=C(C1CC1)N1CCC2(CC1)CC2N(Cc1ccsc1)C(=O)[C@H]1CCCO1. The maximum atomic E-state index is 13.2. The van der Waals surface area contributed by atoms with E-state index in [1.807, 2.05) is 0 Å². The molecule has 6 heteroatoms. The third-order valence-electron chi connectivity index (χ3n) is 6.94. The molecule has 2 saturated carbocycles. The van der Waals surface area contributed by atoms with Gasteiger partial charge in [0.15, 0.2) is 0 Å². The van der Waals surface area contributed by atoms with Gasteiger partial charge in [-0.2, -0.15) is 11.3 Å². The molecule has 2 aliphatic carbocycles. The maximum Gasteiger partial charge on any atom is 0.252 e. The zero-order valence-electron chi connectivity index (χ0n) is 15.8. The number of amides is 2. The Kier molecular flexibility index (Phi) is 4.51. The van der Waals surface area contributed by atoms with E-state index in [-0.39, 0.29) is 17.4 Å². The lowest BCUT2D eigenvalue weighted by atomic mass is 9.91. The van der Waals surface area contributed by atoms with E-state index >= 15 is 0 Å². The highest BCUT2D eigenvalue weighted by Gasteiger charge is 2.59. The summed E-state index contributed by atoms with van der Waals surface area (Å²) in [7, 11) is 0. The Morgan fingerprint density at radius 1 is 1.26 bits per heavy atom. The lowest BCUT2D eigenvalue weighted by Crippen LogP contribution is -2.45. The molecule has 2 amide bonds. The molecule has 4 aliphatic rings. The molecule has 1 unspecified atom stereocenters. The molecule has 5 rings (SSSR count). The van der Waals surface area contributed by atoms with Gasteiger partial charge in [-0.15, -0.1) is 0 Å². The fraction of sp³-hybridized carbons (Fsp3) is 0.714. The van der Waals surface area contributed by atoms with Crippen molar-refractivity contribution in [1.29, 1.82) is 0 Å². The van der Waals surface area contributed by atoms with E-state index in [1.54, 1.807) is 11.3 Å². The van der Waals surface area contributed by atoms with Crippen molar-refractivity contribution in [2.75, 3.05) is 19.7 Å². The number of carbonyl (C=O) groups is 2. The molecule has 5 nitrogen and oxygen atoms in total. The molecule has 3 heterocycles. The van der Waals surface area contributed by atoms with Gasteiger partial charge < -0.3 is 14.5 Å². The Hall–Kier alpha value is -1.40. The zero-order valence-corrected chi connectivity index (χ0v) is 16.6. The van der Waals surface area contributed by atoms with Crippen LogP contribution in [0.2, 0.25) is 0 Å². The summed E-state index contributed by atoms with van der Waals surface area (Å²) < 4.78 is 5.71. The van der Waals surface area contributed by atoms with Gasteiger partial charge in [0, 0.05) is 38.2 Å². The van der Waals surface area contributed by atoms with Gasteiger partial charge in [0.1, 0.15) is 6.10 Å². The van der Waals surface area contributed by atoms with Crippen LogP contribution < -0.4 is 0 Å². The summed E-state index contributed by atoms with van der Waals surface area (Å²) in [6, 6.07) is 2.43. The maximum absolute atomic E-state index is 13.2. The van der Waals surface area contributed by atoms with Gasteiger partial charge in [-0.25, -0.2) is 0 Å². The molecular weight excluding hydrogens is 360 g/mol. The monoisotopic (exact) mass is 388 g/mol. The molecule has 1 aromatic heterocycles. The summed E-state index contributed by atoms with van der Waals surface area (Å²) in [5.41, 5.74) is 1.44. The highest BCUT2D eigenvalue weighted by molar-refractivity contribution is 7.07. The second kappa shape index (κ2) is 6.89. The van der Waals surface area contributed by atoms with Crippen LogP contribution in [0.3, 0.4) is 0 Å². The summed E-state index contributed by atoms with van der Waals surface area (Å²) in [6.45, 7) is 3.13. The predicted molar refractivity (Wildman–Crippen MR) is 103 cm³/mol. The Labute approximate surface area is 164 Å². The molecule has 1 spiro atoms. The largest absolute Gasteiger partial charge is 0.368 e. The van der Waals surface area contributed by atoms with Gasteiger partial charge in [0.2, 0.25) is 5.91 Å². The Bertz CT molecular complexity index is 701. The highest BCUT2D eigenvalue weighted by Crippen LogP contribution is 2.57. The Balaban J connectivity index is 1.27. The van der Waals surface area contributed by atoms with Crippen molar-refractivity contribution in [3.8, 4) is 0 Å². The Morgan fingerprint density at radius 3 is 2.70 bits per heavy atom. The number of likely N-dealkylation sites (tertiary alicyclic amines) is 1. The van der Waals surface area contributed by atoms with E-state index < -0.39 is 0 Å². The van der Waals surface area contributed by atoms with Crippen LogP contribution in [0, 0.1) is 11.3 Å². The lowest BCUT2D eigenvalue weighted by molar-refractivity contribution is -0.143. The van der Waals surface area contributed by atoms with E-state index in [2.05, 4.69) is 26.6 Å². The number of thiophene rings is 1. The molecule has 0 N–H and O–H groups in total. The smallest absolute Gasteiger partial charge is 0.252 e. The third kappa shape index (κ3) is 3.42. The number of ether oxygens (including phenoxy) is 1. The quantitative estimate of drug-likeness (QED) is 0.779. The molecule has 146 valence electrons. The van der Waals surface area contributed by atoms with Crippen molar-refractivity contribution in [2.24, 2.45) is 11.3 Å². The fourth-order valence-corrected chi connectivity index (χ4v) is 5.60. The van der Waals surface area contributed by atoms with E-state index in [0.717, 1.165) is 58.0 Å². The first kappa shape index (κ1) is 17.7. The van der Waals surface area contributed by atoms with Crippen LogP contribution in [0.5, 0.6) is 0 Å². The number of rotatable bonds is 5. The molecule has 0 bridgehead atoms. The molecule has 1 aromatic rings. The normalized spacial score (nSPS) is 29.1. The summed E-state index contributed by atoms with van der Waals surface area (Å²) >= 11 is 1.68. The van der Waals surface area contributed by atoms with Crippen molar-refractivity contribution in [2.45, 2.75) is 63.6 Å². The van der Waals surface area contributed by atoms with Gasteiger partial charge >= 0.3 is 0 Å². The molecule has 0 aromatic carbocycles. The molecule has 0 radical (unpaired) electrons. The minimum atomic E-state index is -0.252. The average Bonchev–Trinajstić information content (AvgIpc) is 3.50. The lowest BCUT2D eigenvalue weighted by Gasteiger charge is -2.35. The summed E-state index contributed by atoms with van der Waals surface area (Å²) in [6.07, 6.45) is 6.89. The van der Waals surface area contributed by atoms with Crippen molar-refractivity contribution < 1.29 is 14.3 Å². The molecule has 27 heavy (non-hydrogen) atoms. The highest BCUT2D eigenvalue weighted by atomic mass is 32.1. The van der Waals surface area contributed by atoms with Crippen LogP contribution in [0.4, 0.5) is 0 Å². The van der Waals surface area contributed by atoms with Crippen LogP contribution in [0.15, 0.2) is 16.8 Å². The van der Waals surface area contributed by atoms with Crippen molar-refractivity contribution in [3.63, 3.8) is 0 Å². The molecule has 4 fully saturated rings. The van der Waals surface area contributed by atoms with Gasteiger partial charge in [0.25, 0.3) is 5.91 Å². The van der Waals surface area contributed by atoms with E-state index in [4.69, 9.17) is 4.74 Å². The minimum absolute atomic E-state index is 0.178. The van der Waals surface area contributed by atoms with Crippen LogP contribution in [-0.4, -0.2) is 53.5 Å². The van der Waals surface area contributed by atoms with Crippen molar-refractivity contribution in [3.05, 3.63) is 22.4 Å². The summed E-state index contributed by atoms with van der Waals surface area (Å²) in [5, 5.41) is 4.22. The zero-order chi connectivity index (χ0) is 18.4. The number of piperidine rings is 1. The minimum Gasteiger partial charge on any atom is -0.368 e. The van der Waals surface area contributed by atoms with Crippen LogP contribution in [-0.2, 0) is 20.9 Å². The van der Waals surface area contributed by atoms with Gasteiger partial charge in [-0.1, -0.05) is 0 Å². The number of hydrogen-bond donors (Lipinski definition) is 0. The summed E-state index contributed by atoms with van der Waals surface area (Å²) in [5.74, 6) is 0.856. The number of carbonyl (C=O) groups excluding carboxylic acids is 2. The van der Waals surface area contributed by atoms with Crippen LogP contribution >= 0.6 is 11.3 Å². The third-order valence-corrected chi connectivity index (χ3v) is 7.67. The standard InChI is InChI=1S/C21H28N2O3S/c24-19(16-3-4-16)22-8-6-21(7-9-22)12-18(21)23(13-15-5-11-27-14-15)20(25)17-2-1-10-26-17/h5,11,14,16-18H,1-4,6-10,12-13H2/t17-,18?/m1/s1. The van der Waals surface area contributed by atoms with E-state index in [0.29, 0.717) is 31.0 Å². The first-order chi connectivity index (χ1) is 13.2.